The summed E-state index contributed by atoms with van der Waals surface area (Å²) in [4.78, 5) is 4.39. The molecule has 0 bridgehead atoms. The lowest BCUT2D eigenvalue weighted by atomic mass is 10.5. The van der Waals surface area contributed by atoms with Gasteiger partial charge in [-0.05, 0) is 19.3 Å². The van der Waals surface area contributed by atoms with Crippen molar-refractivity contribution in [1.29, 1.82) is 0 Å². The lowest BCUT2D eigenvalue weighted by Crippen LogP contribution is -2.16. The Morgan fingerprint density at radius 2 is 2.50 bits per heavy atom. The van der Waals surface area contributed by atoms with Crippen molar-refractivity contribution in [2.24, 2.45) is 5.92 Å². The van der Waals surface area contributed by atoms with Gasteiger partial charge in [-0.3, -0.25) is 0 Å². The highest BCUT2D eigenvalue weighted by atomic mass is 32.1. The van der Waals surface area contributed by atoms with Gasteiger partial charge in [-0.1, -0.05) is 6.92 Å². The third-order valence-electron chi connectivity index (χ3n) is 2.29. The van der Waals surface area contributed by atoms with Crippen LogP contribution in [0.15, 0.2) is 5.38 Å². The van der Waals surface area contributed by atoms with E-state index in [1.807, 2.05) is 6.92 Å². The molecular formula is C9H14N2S. The topological polar surface area (TPSA) is 24.9 Å². The Morgan fingerprint density at radius 3 is 3.00 bits per heavy atom. The number of hydrogen-bond donors (Lipinski definition) is 1. The molecule has 0 spiro atoms. The first-order chi connectivity index (χ1) is 5.75. The second kappa shape index (κ2) is 3.15. The van der Waals surface area contributed by atoms with Crippen LogP contribution in [-0.4, -0.2) is 11.0 Å². The molecule has 3 heteroatoms. The smallest absolute Gasteiger partial charge is 0.107 e. The minimum absolute atomic E-state index is 0.759. The van der Waals surface area contributed by atoms with Gasteiger partial charge >= 0.3 is 0 Å². The van der Waals surface area contributed by atoms with Crippen molar-refractivity contribution in [2.75, 3.05) is 0 Å². The van der Waals surface area contributed by atoms with Gasteiger partial charge in [0.15, 0.2) is 0 Å². The van der Waals surface area contributed by atoms with Crippen molar-refractivity contribution in [3.8, 4) is 0 Å². The highest BCUT2D eigenvalue weighted by molar-refractivity contribution is 7.09. The summed E-state index contributed by atoms with van der Waals surface area (Å²) in [6.45, 7) is 5.28. The van der Waals surface area contributed by atoms with Crippen LogP contribution < -0.4 is 5.32 Å². The summed E-state index contributed by atoms with van der Waals surface area (Å²) >= 11 is 1.75. The lowest BCUT2D eigenvalue weighted by Gasteiger charge is -1.97. The van der Waals surface area contributed by atoms with E-state index in [1.54, 1.807) is 11.3 Å². The average Bonchev–Trinajstić information content (AvgIpc) is 2.56. The minimum Gasteiger partial charge on any atom is -0.307 e. The molecular weight excluding hydrogens is 168 g/mol. The van der Waals surface area contributed by atoms with Crippen molar-refractivity contribution in [3.05, 3.63) is 16.1 Å². The molecule has 2 rings (SSSR count). The first-order valence-corrected chi connectivity index (χ1v) is 5.28. The lowest BCUT2D eigenvalue weighted by molar-refractivity contribution is 0.649. The quantitative estimate of drug-likeness (QED) is 0.773. The van der Waals surface area contributed by atoms with Gasteiger partial charge < -0.3 is 5.32 Å². The van der Waals surface area contributed by atoms with Crippen LogP contribution in [0.4, 0.5) is 0 Å². The molecule has 1 aliphatic rings. The molecule has 1 N–H and O–H groups in total. The minimum atomic E-state index is 0.759. The number of nitrogens with one attached hydrogen (secondary N) is 1. The van der Waals surface area contributed by atoms with Gasteiger partial charge in [0.05, 0.1) is 0 Å². The van der Waals surface area contributed by atoms with E-state index in [0.717, 1.165) is 24.2 Å². The summed E-state index contributed by atoms with van der Waals surface area (Å²) in [7, 11) is 0. The number of rotatable bonds is 3. The third kappa shape index (κ3) is 1.84. The Labute approximate surface area is 77.0 Å². The maximum absolute atomic E-state index is 4.39. The molecule has 0 amide bonds. The summed E-state index contributed by atoms with van der Waals surface area (Å²) in [5.74, 6) is 0.881. The summed E-state index contributed by atoms with van der Waals surface area (Å²) in [6, 6.07) is 0.759. The number of nitrogens with zero attached hydrogens (tertiary/aromatic N) is 1. The molecule has 1 fully saturated rings. The Morgan fingerprint density at radius 1 is 1.75 bits per heavy atom. The molecule has 1 aromatic heterocycles. The Kier molecular flexibility index (Phi) is 2.15. The fourth-order valence-electron chi connectivity index (χ4n) is 1.31. The van der Waals surface area contributed by atoms with Gasteiger partial charge in [-0.25, -0.2) is 4.98 Å². The number of thiazole rings is 1. The largest absolute Gasteiger partial charge is 0.307 e. The SMILES string of the molecule is Cc1csc(CNC2CC2C)n1. The summed E-state index contributed by atoms with van der Waals surface area (Å²) in [6.07, 6.45) is 1.34. The second-order valence-corrected chi connectivity index (χ2v) is 4.53. The van der Waals surface area contributed by atoms with Crippen LogP contribution in [0.2, 0.25) is 0 Å². The molecule has 1 saturated carbocycles. The van der Waals surface area contributed by atoms with Gasteiger partial charge in [-0.15, -0.1) is 11.3 Å². The average molecular weight is 182 g/mol. The predicted octanol–water partition coefficient (Wildman–Crippen LogP) is 1.95. The van der Waals surface area contributed by atoms with Gasteiger partial charge in [0.1, 0.15) is 5.01 Å². The molecule has 66 valence electrons. The molecule has 0 radical (unpaired) electrons. The Balaban J connectivity index is 1.80. The molecule has 1 aromatic rings. The van der Waals surface area contributed by atoms with E-state index >= 15 is 0 Å². The van der Waals surface area contributed by atoms with Crippen LogP contribution in [0.5, 0.6) is 0 Å². The van der Waals surface area contributed by atoms with Crippen LogP contribution in [0.1, 0.15) is 24.0 Å². The molecule has 0 saturated heterocycles. The van der Waals surface area contributed by atoms with E-state index in [4.69, 9.17) is 0 Å². The maximum atomic E-state index is 4.39. The van der Waals surface area contributed by atoms with Crippen molar-refractivity contribution < 1.29 is 0 Å². The highest BCUT2D eigenvalue weighted by Crippen LogP contribution is 2.29. The molecule has 0 aromatic carbocycles. The summed E-state index contributed by atoms with van der Waals surface area (Å²) in [5.41, 5.74) is 1.14. The summed E-state index contributed by atoms with van der Waals surface area (Å²) in [5, 5.41) is 6.80. The fourth-order valence-corrected chi connectivity index (χ4v) is 2.03. The first kappa shape index (κ1) is 8.20. The van der Waals surface area contributed by atoms with Crippen molar-refractivity contribution in [1.82, 2.24) is 10.3 Å². The zero-order valence-electron chi connectivity index (χ0n) is 7.50. The van der Waals surface area contributed by atoms with Crippen molar-refractivity contribution in [3.63, 3.8) is 0 Å². The van der Waals surface area contributed by atoms with E-state index in [9.17, 15) is 0 Å². The van der Waals surface area contributed by atoms with Crippen molar-refractivity contribution >= 4 is 11.3 Å². The molecule has 1 aliphatic carbocycles. The normalized spacial score (nSPS) is 27.5. The first-order valence-electron chi connectivity index (χ1n) is 4.40. The van der Waals surface area contributed by atoms with Gasteiger partial charge in [0.2, 0.25) is 0 Å². The Hall–Kier alpha value is -0.410. The maximum Gasteiger partial charge on any atom is 0.107 e. The molecule has 0 aliphatic heterocycles. The number of aromatic nitrogens is 1. The van der Waals surface area contributed by atoms with Gasteiger partial charge in [0, 0.05) is 23.7 Å². The predicted molar refractivity (Wildman–Crippen MR) is 51.3 cm³/mol. The Bertz CT molecular complexity index is 269. The monoisotopic (exact) mass is 182 g/mol. The standard InChI is InChI=1S/C9H14N2S/c1-6-3-8(6)10-4-9-11-7(2)5-12-9/h5-6,8,10H,3-4H2,1-2H3. The molecule has 12 heavy (non-hydrogen) atoms. The molecule has 2 atom stereocenters. The molecule has 1 heterocycles. The van der Waals surface area contributed by atoms with E-state index in [1.165, 1.54) is 11.4 Å². The molecule has 2 nitrogen and oxygen atoms in total. The van der Waals surface area contributed by atoms with E-state index in [0.29, 0.717) is 0 Å². The van der Waals surface area contributed by atoms with Crippen LogP contribution in [0.25, 0.3) is 0 Å². The zero-order valence-corrected chi connectivity index (χ0v) is 8.32. The van der Waals surface area contributed by atoms with Crippen LogP contribution >= 0.6 is 11.3 Å². The highest BCUT2D eigenvalue weighted by Gasteiger charge is 2.31. The second-order valence-electron chi connectivity index (χ2n) is 3.58. The van der Waals surface area contributed by atoms with Gasteiger partial charge in [0.25, 0.3) is 0 Å². The van der Waals surface area contributed by atoms with Crippen LogP contribution in [0.3, 0.4) is 0 Å². The zero-order chi connectivity index (χ0) is 8.55. The number of aryl methyl sites for hydroxylation is 1. The molecule has 2 unspecified atom stereocenters. The van der Waals surface area contributed by atoms with Gasteiger partial charge in [-0.2, -0.15) is 0 Å². The van der Waals surface area contributed by atoms with E-state index in [-0.39, 0.29) is 0 Å². The van der Waals surface area contributed by atoms with E-state index < -0.39 is 0 Å². The van der Waals surface area contributed by atoms with Crippen molar-refractivity contribution in [2.45, 2.75) is 32.9 Å². The van der Waals surface area contributed by atoms with E-state index in [2.05, 4.69) is 22.6 Å². The fraction of sp³-hybridized carbons (Fsp3) is 0.667. The summed E-state index contributed by atoms with van der Waals surface area (Å²) < 4.78 is 0. The van der Waals surface area contributed by atoms with Crippen LogP contribution in [-0.2, 0) is 6.54 Å². The number of hydrogen-bond acceptors (Lipinski definition) is 3. The van der Waals surface area contributed by atoms with Crippen LogP contribution in [0, 0.1) is 12.8 Å². The third-order valence-corrected chi connectivity index (χ3v) is 3.26.